The number of hydrogen-bond donors (Lipinski definition) is 1. The van der Waals surface area contributed by atoms with E-state index in [1.165, 1.54) is 11.1 Å². The fourth-order valence-corrected chi connectivity index (χ4v) is 3.48. The first kappa shape index (κ1) is 16.7. The van der Waals surface area contributed by atoms with E-state index in [-0.39, 0.29) is 11.9 Å². The monoisotopic (exact) mass is 342 g/mol. The van der Waals surface area contributed by atoms with Crippen molar-refractivity contribution in [1.29, 1.82) is 0 Å². The van der Waals surface area contributed by atoms with Gasteiger partial charge in [0, 0.05) is 12.5 Å². The van der Waals surface area contributed by atoms with Crippen LogP contribution in [-0.2, 0) is 22.5 Å². The number of carbonyl (C=O) groups excluding carboxylic acids is 1. The van der Waals surface area contributed by atoms with Crippen LogP contribution in [-0.4, -0.2) is 23.8 Å². The molecule has 5 heteroatoms. The molecule has 1 aliphatic rings. The van der Waals surface area contributed by atoms with E-state index >= 15 is 0 Å². The van der Waals surface area contributed by atoms with Crippen molar-refractivity contribution in [3.63, 3.8) is 0 Å². The standard InChI is InChI=1S/C19H22N2O2S/c1-14(11-16-9-10-24-13-16)20-19(22)18-12-17(21-23-18)8-7-15-5-3-2-4-6-15/h2-6,9-10,13-14,18H,7-8,11-12H2,1H3,(H,20,22)/t14-,18+/m1/s1. The van der Waals surface area contributed by atoms with Gasteiger partial charge in [0.15, 0.2) is 0 Å². The van der Waals surface area contributed by atoms with Crippen LogP contribution in [0.2, 0.25) is 0 Å². The van der Waals surface area contributed by atoms with Gasteiger partial charge in [-0.15, -0.1) is 0 Å². The summed E-state index contributed by atoms with van der Waals surface area (Å²) >= 11 is 1.67. The predicted molar refractivity (Wildman–Crippen MR) is 97.3 cm³/mol. The van der Waals surface area contributed by atoms with Crippen molar-refractivity contribution in [2.45, 2.75) is 44.8 Å². The second-order valence-electron chi connectivity index (χ2n) is 6.19. The maximum absolute atomic E-state index is 12.3. The molecule has 1 N–H and O–H groups in total. The number of thiophene rings is 1. The van der Waals surface area contributed by atoms with E-state index in [0.717, 1.165) is 25.0 Å². The molecule has 1 amide bonds. The number of oxime groups is 1. The summed E-state index contributed by atoms with van der Waals surface area (Å²) < 4.78 is 0. The van der Waals surface area contributed by atoms with Crippen LogP contribution >= 0.6 is 11.3 Å². The van der Waals surface area contributed by atoms with E-state index in [1.807, 2.05) is 25.1 Å². The maximum atomic E-state index is 12.3. The van der Waals surface area contributed by atoms with Crippen LogP contribution in [0.4, 0.5) is 0 Å². The fourth-order valence-electron chi connectivity index (χ4n) is 2.80. The molecule has 24 heavy (non-hydrogen) atoms. The Morgan fingerprint density at radius 3 is 2.88 bits per heavy atom. The number of hydrogen-bond acceptors (Lipinski definition) is 4. The zero-order valence-corrected chi connectivity index (χ0v) is 14.6. The van der Waals surface area contributed by atoms with Crippen LogP contribution < -0.4 is 5.32 Å². The zero-order valence-electron chi connectivity index (χ0n) is 13.8. The van der Waals surface area contributed by atoms with Gasteiger partial charge in [-0.3, -0.25) is 4.79 Å². The van der Waals surface area contributed by atoms with Gasteiger partial charge >= 0.3 is 0 Å². The molecule has 0 spiro atoms. The molecule has 1 aromatic heterocycles. The fraction of sp³-hybridized carbons (Fsp3) is 0.368. The molecular formula is C19H22N2O2S. The van der Waals surface area contributed by atoms with E-state index in [2.05, 4.69) is 39.4 Å². The largest absolute Gasteiger partial charge is 0.382 e. The normalized spacial score (nSPS) is 17.9. The van der Waals surface area contributed by atoms with E-state index in [1.54, 1.807) is 11.3 Å². The highest BCUT2D eigenvalue weighted by Gasteiger charge is 2.28. The average Bonchev–Trinajstić information content (AvgIpc) is 3.25. The third kappa shape index (κ3) is 4.68. The first-order chi connectivity index (χ1) is 11.7. The SMILES string of the molecule is C[C@H](Cc1ccsc1)NC(=O)[C@@H]1CC(CCc2ccccc2)=NO1. The molecule has 0 fully saturated rings. The van der Waals surface area contributed by atoms with Crippen molar-refractivity contribution in [3.05, 3.63) is 58.3 Å². The molecule has 0 saturated carbocycles. The molecule has 0 unspecified atom stereocenters. The summed E-state index contributed by atoms with van der Waals surface area (Å²) in [7, 11) is 0. The Morgan fingerprint density at radius 1 is 1.29 bits per heavy atom. The summed E-state index contributed by atoms with van der Waals surface area (Å²) in [5.41, 5.74) is 3.49. The van der Waals surface area contributed by atoms with E-state index < -0.39 is 6.10 Å². The number of carbonyl (C=O) groups is 1. The Labute approximate surface area is 146 Å². The van der Waals surface area contributed by atoms with Crippen LogP contribution in [0.3, 0.4) is 0 Å². The lowest BCUT2D eigenvalue weighted by molar-refractivity contribution is -0.131. The van der Waals surface area contributed by atoms with Crippen LogP contribution in [0, 0.1) is 0 Å². The van der Waals surface area contributed by atoms with Gasteiger partial charge in [0.2, 0.25) is 6.10 Å². The molecule has 126 valence electrons. The van der Waals surface area contributed by atoms with Crippen LogP contribution in [0.5, 0.6) is 0 Å². The van der Waals surface area contributed by atoms with E-state index in [0.29, 0.717) is 6.42 Å². The predicted octanol–water partition coefficient (Wildman–Crippen LogP) is 3.57. The Bertz CT molecular complexity index is 683. The van der Waals surface area contributed by atoms with E-state index in [4.69, 9.17) is 4.84 Å². The summed E-state index contributed by atoms with van der Waals surface area (Å²) in [6.45, 7) is 2.02. The lowest BCUT2D eigenvalue weighted by Gasteiger charge is -2.15. The molecule has 0 aliphatic carbocycles. The summed E-state index contributed by atoms with van der Waals surface area (Å²) in [5, 5.41) is 11.3. The second-order valence-corrected chi connectivity index (χ2v) is 6.97. The van der Waals surface area contributed by atoms with Crippen molar-refractivity contribution in [2.75, 3.05) is 0 Å². The quantitative estimate of drug-likeness (QED) is 0.836. The number of aryl methyl sites for hydroxylation is 1. The van der Waals surface area contributed by atoms with Crippen molar-refractivity contribution < 1.29 is 9.63 Å². The average molecular weight is 342 g/mol. The molecular weight excluding hydrogens is 320 g/mol. The minimum atomic E-state index is -0.485. The summed E-state index contributed by atoms with van der Waals surface area (Å²) in [5.74, 6) is -0.0730. The third-order valence-corrected chi connectivity index (χ3v) is 4.81. The number of benzene rings is 1. The van der Waals surface area contributed by atoms with Gasteiger partial charge in [0.25, 0.3) is 5.91 Å². The Balaban J connectivity index is 1.41. The highest BCUT2D eigenvalue weighted by molar-refractivity contribution is 7.07. The van der Waals surface area contributed by atoms with Crippen LogP contribution in [0.15, 0.2) is 52.3 Å². The Hall–Kier alpha value is -2.14. The molecule has 0 radical (unpaired) electrons. The third-order valence-electron chi connectivity index (χ3n) is 4.08. The molecule has 0 saturated heterocycles. The maximum Gasteiger partial charge on any atom is 0.264 e. The number of amides is 1. The molecule has 1 aliphatic heterocycles. The van der Waals surface area contributed by atoms with Crippen molar-refractivity contribution in [3.8, 4) is 0 Å². The van der Waals surface area contributed by atoms with E-state index in [9.17, 15) is 4.79 Å². The highest BCUT2D eigenvalue weighted by Crippen LogP contribution is 2.16. The van der Waals surface area contributed by atoms with Crippen molar-refractivity contribution in [2.24, 2.45) is 5.16 Å². The summed E-state index contributed by atoms with van der Waals surface area (Å²) in [4.78, 5) is 17.6. The Morgan fingerprint density at radius 2 is 2.12 bits per heavy atom. The first-order valence-corrected chi connectivity index (χ1v) is 9.22. The molecule has 2 atom stereocenters. The molecule has 3 rings (SSSR count). The number of rotatable bonds is 7. The van der Waals surface area contributed by atoms with Gasteiger partial charge < -0.3 is 10.2 Å². The zero-order chi connectivity index (χ0) is 16.8. The number of nitrogens with zero attached hydrogens (tertiary/aromatic N) is 1. The smallest absolute Gasteiger partial charge is 0.264 e. The Kier molecular flexibility index (Phi) is 5.64. The molecule has 2 heterocycles. The number of nitrogens with one attached hydrogen (secondary N) is 1. The lowest BCUT2D eigenvalue weighted by atomic mass is 10.0. The lowest BCUT2D eigenvalue weighted by Crippen LogP contribution is -2.41. The van der Waals surface area contributed by atoms with Crippen molar-refractivity contribution >= 4 is 23.0 Å². The minimum Gasteiger partial charge on any atom is -0.382 e. The van der Waals surface area contributed by atoms with Gasteiger partial charge in [-0.2, -0.15) is 11.3 Å². The van der Waals surface area contributed by atoms with Gasteiger partial charge in [-0.25, -0.2) is 0 Å². The van der Waals surface area contributed by atoms with Gasteiger partial charge in [0.1, 0.15) is 0 Å². The van der Waals surface area contributed by atoms with Crippen molar-refractivity contribution in [1.82, 2.24) is 5.32 Å². The second kappa shape index (κ2) is 8.11. The molecule has 4 nitrogen and oxygen atoms in total. The summed E-state index contributed by atoms with van der Waals surface area (Å²) in [6.07, 6.45) is 2.69. The topological polar surface area (TPSA) is 50.7 Å². The van der Waals surface area contributed by atoms with Crippen LogP contribution in [0.1, 0.15) is 30.9 Å². The molecule has 0 bridgehead atoms. The van der Waals surface area contributed by atoms with Gasteiger partial charge in [-0.1, -0.05) is 35.5 Å². The van der Waals surface area contributed by atoms with Gasteiger partial charge in [0.05, 0.1) is 5.71 Å². The minimum absolute atomic E-state index is 0.0730. The summed E-state index contributed by atoms with van der Waals surface area (Å²) in [6, 6.07) is 12.5. The first-order valence-electron chi connectivity index (χ1n) is 8.27. The van der Waals surface area contributed by atoms with Crippen LogP contribution in [0.25, 0.3) is 0 Å². The van der Waals surface area contributed by atoms with Gasteiger partial charge in [-0.05, 0) is 54.1 Å². The molecule has 1 aromatic carbocycles. The molecule has 2 aromatic rings. The highest BCUT2D eigenvalue weighted by atomic mass is 32.1.